The van der Waals surface area contributed by atoms with Crippen LogP contribution in [0.4, 0.5) is 26.3 Å². The van der Waals surface area contributed by atoms with Gasteiger partial charge in [-0.05, 0) is 53.8 Å². The lowest BCUT2D eigenvalue weighted by atomic mass is 9.92. The molecule has 0 saturated carbocycles. The smallest absolute Gasteiger partial charge is 0.312 e. The molecule has 2 aromatic carbocycles. The average Bonchev–Trinajstić information content (AvgIpc) is 2.90. The molecule has 0 aliphatic carbocycles. The predicted molar refractivity (Wildman–Crippen MR) is 145 cm³/mol. The molecule has 0 atom stereocenters. The van der Waals surface area contributed by atoms with Crippen LogP contribution >= 0.6 is 23.2 Å². The van der Waals surface area contributed by atoms with E-state index in [1.165, 1.54) is 38.5 Å². The van der Waals surface area contributed by atoms with E-state index in [0.717, 1.165) is 21.3 Å². The number of unbranched alkanes of at least 4 members (excludes halogenated alkanes) is 1. The molecule has 41 heavy (non-hydrogen) atoms. The van der Waals surface area contributed by atoms with Crippen molar-refractivity contribution in [2.75, 3.05) is 35.5 Å². The molecule has 224 valence electrons. The van der Waals surface area contributed by atoms with Gasteiger partial charge in [0.1, 0.15) is 11.5 Å². The molecule has 0 fully saturated rings. The zero-order valence-electron chi connectivity index (χ0n) is 22.6. The van der Waals surface area contributed by atoms with Crippen molar-refractivity contribution in [3.05, 3.63) is 86.6 Å². The van der Waals surface area contributed by atoms with E-state index < -0.39 is 35.5 Å². The van der Waals surface area contributed by atoms with Crippen LogP contribution in [0, 0.1) is 0 Å². The van der Waals surface area contributed by atoms with Crippen LogP contribution in [0.2, 0.25) is 10.0 Å². The lowest BCUT2D eigenvalue weighted by molar-refractivity contribution is 0.233. The summed E-state index contributed by atoms with van der Waals surface area (Å²) < 4.78 is 106. The summed E-state index contributed by atoms with van der Waals surface area (Å²) in [4.78, 5) is 0. The Morgan fingerprint density at radius 1 is 0.659 bits per heavy atom. The molecule has 0 spiro atoms. The number of allylic oxidation sites excluding steroid dienone is 2. The molecule has 0 N–H and O–H groups in total. The topological polar surface area (TPSA) is 46.2 Å². The third-order valence-electron chi connectivity index (χ3n) is 5.77. The summed E-state index contributed by atoms with van der Waals surface area (Å²) in [5.41, 5.74) is 0.363. The summed E-state index contributed by atoms with van der Waals surface area (Å²) in [6, 6.07) is 5.41. The first-order chi connectivity index (χ1) is 19.4. The minimum Gasteiger partial charge on any atom is -0.496 e. The highest BCUT2D eigenvalue weighted by atomic mass is 35.5. The quantitative estimate of drug-likeness (QED) is 0.126. The number of benzene rings is 2. The highest BCUT2D eigenvalue weighted by Crippen LogP contribution is 2.43. The summed E-state index contributed by atoms with van der Waals surface area (Å²) in [5, 5.41) is -0.143. The highest BCUT2D eigenvalue weighted by molar-refractivity contribution is 6.33. The van der Waals surface area contributed by atoms with Crippen LogP contribution in [0.5, 0.6) is 11.5 Å². The Hall–Kier alpha value is -3.44. The number of ether oxygens (including phenoxy) is 5. The highest BCUT2D eigenvalue weighted by Gasteiger charge is 2.24. The minimum absolute atomic E-state index is 0.0714. The van der Waals surface area contributed by atoms with Crippen LogP contribution in [0.25, 0.3) is 17.1 Å². The van der Waals surface area contributed by atoms with Gasteiger partial charge < -0.3 is 23.7 Å². The summed E-state index contributed by atoms with van der Waals surface area (Å²) in [6.45, 7) is 0. The molecule has 5 nitrogen and oxygen atoms in total. The van der Waals surface area contributed by atoms with Crippen LogP contribution in [-0.4, -0.2) is 35.5 Å². The summed E-state index contributed by atoms with van der Waals surface area (Å²) in [7, 11) is 5.66. The third kappa shape index (κ3) is 8.07. The predicted octanol–water partition coefficient (Wildman–Crippen LogP) is 9.79. The van der Waals surface area contributed by atoms with Gasteiger partial charge in [0.15, 0.2) is 17.3 Å². The van der Waals surface area contributed by atoms with Gasteiger partial charge in [0.25, 0.3) is 0 Å². The molecule has 2 rings (SSSR count). The second-order valence-electron chi connectivity index (χ2n) is 8.06. The molecule has 2 aromatic rings. The number of hydrogen-bond donors (Lipinski definition) is 0. The van der Waals surface area contributed by atoms with Crippen LogP contribution in [-0.2, 0) is 14.2 Å². The van der Waals surface area contributed by atoms with E-state index in [1.807, 2.05) is 0 Å². The van der Waals surface area contributed by atoms with Gasteiger partial charge in [-0.15, -0.1) is 0 Å². The summed E-state index contributed by atoms with van der Waals surface area (Å²) >= 11 is 12.8. The van der Waals surface area contributed by atoms with Gasteiger partial charge in [0, 0.05) is 6.42 Å². The third-order valence-corrected chi connectivity index (χ3v) is 6.33. The largest absolute Gasteiger partial charge is 0.496 e. The number of rotatable bonds is 13. The Bertz CT molecular complexity index is 1290. The van der Waals surface area contributed by atoms with Crippen molar-refractivity contribution < 1.29 is 50.0 Å². The lowest BCUT2D eigenvalue weighted by Crippen LogP contribution is -2.01. The Kier molecular flexibility index (Phi) is 12.8. The fraction of sp³-hybridized carbons (Fsp3) is 0.286. The SMILES string of the molecule is COC(CCCC=C(c1cc(Cl)c(OC)c(C(OC)=C(F)F)c1)c1cc(Cl)c(OC)c(C(OC)=C(F)F)c1)=C(F)F. The van der Waals surface area contributed by atoms with E-state index in [2.05, 4.69) is 0 Å². The van der Waals surface area contributed by atoms with Gasteiger partial charge in [0.05, 0.1) is 56.7 Å². The average molecular weight is 627 g/mol. The van der Waals surface area contributed by atoms with E-state index in [-0.39, 0.29) is 68.6 Å². The molecule has 0 saturated heterocycles. The molecular weight excluding hydrogens is 601 g/mol. The molecular formula is C28H26Cl2F6O5. The molecule has 0 unspecified atom stereocenters. The Morgan fingerprint density at radius 3 is 1.41 bits per heavy atom. The second-order valence-corrected chi connectivity index (χ2v) is 8.88. The van der Waals surface area contributed by atoms with Crippen molar-refractivity contribution in [2.24, 2.45) is 0 Å². The van der Waals surface area contributed by atoms with Crippen molar-refractivity contribution in [1.82, 2.24) is 0 Å². The van der Waals surface area contributed by atoms with Crippen LogP contribution in [0.15, 0.2) is 54.3 Å². The fourth-order valence-electron chi connectivity index (χ4n) is 4.01. The molecule has 13 heteroatoms. The Morgan fingerprint density at radius 2 is 1.10 bits per heavy atom. The Labute approximate surface area is 243 Å². The van der Waals surface area contributed by atoms with Crippen molar-refractivity contribution in [2.45, 2.75) is 19.3 Å². The van der Waals surface area contributed by atoms with E-state index in [9.17, 15) is 26.3 Å². The monoisotopic (exact) mass is 626 g/mol. The normalized spacial score (nSPS) is 10.4. The minimum atomic E-state index is -2.15. The zero-order chi connectivity index (χ0) is 30.9. The molecule has 0 aliphatic heterocycles. The van der Waals surface area contributed by atoms with Gasteiger partial charge >= 0.3 is 18.2 Å². The number of hydrogen-bond acceptors (Lipinski definition) is 5. The first-order valence-corrected chi connectivity index (χ1v) is 12.4. The maximum atomic E-state index is 13.7. The van der Waals surface area contributed by atoms with Crippen molar-refractivity contribution in [3.63, 3.8) is 0 Å². The maximum Gasteiger partial charge on any atom is 0.312 e. The lowest BCUT2D eigenvalue weighted by Gasteiger charge is -2.19. The molecule has 0 aliphatic rings. The van der Waals surface area contributed by atoms with E-state index in [0.29, 0.717) is 0 Å². The zero-order valence-corrected chi connectivity index (χ0v) is 24.1. The van der Waals surface area contributed by atoms with Crippen molar-refractivity contribution in [1.29, 1.82) is 0 Å². The van der Waals surface area contributed by atoms with Crippen LogP contribution in [0.1, 0.15) is 41.5 Å². The summed E-state index contributed by atoms with van der Waals surface area (Å²) in [6.07, 6.45) is -4.44. The van der Waals surface area contributed by atoms with Gasteiger partial charge in [0.2, 0.25) is 0 Å². The van der Waals surface area contributed by atoms with Crippen LogP contribution in [0.3, 0.4) is 0 Å². The molecule has 0 radical (unpaired) electrons. The van der Waals surface area contributed by atoms with Crippen molar-refractivity contribution in [3.8, 4) is 11.5 Å². The van der Waals surface area contributed by atoms with Crippen molar-refractivity contribution >= 4 is 40.3 Å². The Balaban J connectivity index is 2.88. The second kappa shape index (κ2) is 15.5. The molecule has 0 aromatic heterocycles. The molecule has 0 heterocycles. The maximum absolute atomic E-state index is 13.7. The van der Waals surface area contributed by atoms with Gasteiger partial charge in [-0.3, -0.25) is 0 Å². The fourth-order valence-corrected chi connectivity index (χ4v) is 4.61. The van der Waals surface area contributed by atoms with Gasteiger partial charge in [-0.2, -0.15) is 26.3 Å². The van der Waals surface area contributed by atoms with Gasteiger partial charge in [-0.1, -0.05) is 29.3 Å². The first kappa shape index (κ1) is 33.8. The summed E-state index contributed by atoms with van der Waals surface area (Å²) in [5.74, 6) is -2.33. The van der Waals surface area contributed by atoms with Gasteiger partial charge in [-0.25, -0.2) is 0 Å². The van der Waals surface area contributed by atoms with E-state index in [1.54, 1.807) is 6.08 Å². The first-order valence-electron chi connectivity index (χ1n) is 11.7. The number of halogens is 8. The van der Waals surface area contributed by atoms with E-state index >= 15 is 0 Å². The van der Waals surface area contributed by atoms with E-state index in [4.69, 9.17) is 46.9 Å². The number of methoxy groups -OCH3 is 5. The van der Waals surface area contributed by atoms with Crippen LogP contribution < -0.4 is 9.47 Å². The molecule has 0 amide bonds. The standard InChI is InChI=1S/C28H26Cl2F6O5/c1-37-21(26(31)32)9-7-6-8-16(14-10-17(24(40-4)27(33)34)22(38-2)19(29)12-14)15-11-18(25(41-5)28(35)36)23(39-3)20(30)13-15/h8,10-13H,6-7,9H2,1-5H3. The molecule has 0 bridgehead atoms.